The summed E-state index contributed by atoms with van der Waals surface area (Å²) in [5, 5.41) is 10.3. The van der Waals surface area contributed by atoms with E-state index in [1.807, 2.05) is 5.57 Å². The second-order valence-electron chi connectivity index (χ2n) is 13.1. The summed E-state index contributed by atoms with van der Waals surface area (Å²) in [6, 6.07) is 0.602. The molecule has 3 heteroatoms. The second kappa shape index (κ2) is 7.43. The van der Waals surface area contributed by atoms with Crippen molar-refractivity contribution >= 4 is 0 Å². The minimum atomic E-state index is -0.201. The molecule has 1 N–H and O–H groups in total. The lowest BCUT2D eigenvalue weighted by Crippen LogP contribution is -2.49. The summed E-state index contributed by atoms with van der Waals surface area (Å²) in [5.74, 6) is 3.77. The van der Waals surface area contributed by atoms with Crippen molar-refractivity contribution in [1.29, 1.82) is 0 Å². The number of hydrogen-bond donors (Lipinski definition) is 1. The van der Waals surface area contributed by atoms with Crippen LogP contribution in [0.1, 0.15) is 85.5 Å². The number of likely N-dealkylation sites (tertiary alicyclic amines) is 1. The van der Waals surface area contributed by atoms with Gasteiger partial charge in [-0.15, -0.1) is 0 Å². The fraction of sp³-hybridized carbons (Fsp3) is 0.862. The number of piperidine rings is 1. The van der Waals surface area contributed by atoms with Crippen LogP contribution in [0.3, 0.4) is 0 Å². The third-order valence-corrected chi connectivity index (χ3v) is 11.4. The van der Waals surface area contributed by atoms with E-state index < -0.39 is 0 Å². The molecule has 2 heterocycles. The standard InChI is InChI=1S/C29H45NO2/c1-17-12-26-27(30(5)16-17)19(3)29(32-26)11-9-22-23-7-6-20-13-21(31)8-10-28(20,4)25(23)14-24(22)18(2)15-29/h13,17,19,21-23,25-27,31H,6-12,14-16H2,1-5H3. The van der Waals surface area contributed by atoms with E-state index >= 15 is 0 Å². The topological polar surface area (TPSA) is 32.7 Å². The van der Waals surface area contributed by atoms with Crippen molar-refractivity contribution in [2.45, 2.75) is 109 Å². The number of aliphatic hydroxyl groups excluding tert-OH is 1. The largest absolute Gasteiger partial charge is 0.389 e. The molecular weight excluding hydrogens is 394 g/mol. The van der Waals surface area contributed by atoms with Gasteiger partial charge in [0.1, 0.15) is 0 Å². The smallest absolute Gasteiger partial charge is 0.0765 e. The Balaban J connectivity index is 1.30. The molecule has 3 nitrogen and oxygen atoms in total. The van der Waals surface area contributed by atoms with Gasteiger partial charge in [-0.1, -0.05) is 43.6 Å². The summed E-state index contributed by atoms with van der Waals surface area (Å²) in [6.07, 6.45) is 13.4. The van der Waals surface area contributed by atoms with E-state index in [4.69, 9.17) is 4.74 Å². The van der Waals surface area contributed by atoms with Gasteiger partial charge in [-0.25, -0.2) is 0 Å². The molecule has 6 rings (SSSR count). The summed E-state index contributed by atoms with van der Waals surface area (Å²) in [5.41, 5.74) is 5.46. The van der Waals surface area contributed by atoms with E-state index in [0.717, 1.165) is 36.5 Å². The van der Waals surface area contributed by atoms with Crippen molar-refractivity contribution in [2.75, 3.05) is 13.6 Å². The van der Waals surface area contributed by atoms with Gasteiger partial charge in [-0.05, 0) is 101 Å². The van der Waals surface area contributed by atoms with Crippen molar-refractivity contribution in [1.82, 2.24) is 4.90 Å². The van der Waals surface area contributed by atoms with E-state index in [0.29, 0.717) is 23.5 Å². The maximum Gasteiger partial charge on any atom is 0.0765 e. The molecule has 0 aromatic rings. The van der Waals surface area contributed by atoms with E-state index in [9.17, 15) is 5.11 Å². The lowest BCUT2D eigenvalue weighted by molar-refractivity contribution is -0.0778. The van der Waals surface area contributed by atoms with Gasteiger partial charge in [0.2, 0.25) is 0 Å². The van der Waals surface area contributed by atoms with Gasteiger partial charge in [0, 0.05) is 18.5 Å². The minimum Gasteiger partial charge on any atom is -0.389 e. The Bertz CT molecular complexity index is 846. The third-order valence-electron chi connectivity index (χ3n) is 11.4. The SMILES string of the molecule is CC1=C2CC3C(CCC4=CC(O)CCC43C)C2CCC2(C1)OC1CC(C)CN(C)C1C2C. The van der Waals surface area contributed by atoms with Gasteiger partial charge < -0.3 is 14.7 Å². The van der Waals surface area contributed by atoms with E-state index in [1.165, 1.54) is 51.5 Å². The maximum atomic E-state index is 10.3. The Labute approximate surface area is 195 Å². The number of aliphatic hydroxyl groups is 1. The Morgan fingerprint density at radius 3 is 2.78 bits per heavy atom. The highest BCUT2D eigenvalue weighted by atomic mass is 16.5. The molecule has 4 aliphatic carbocycles. The quantitative estimate of drug-likeness (QED) is 0.489. The minimum absolute atomic E-state index is 0.0587. The van der Waals surface area contributed by atoms with Crippen molar-refractivity contribution in [3.8, 4) is 0 Å². The van der Waals surface area contributed by atoms with Crippen LogP contribution in [0.25, 0.3) is 0 Å². The van der Waals surface area contributed by atoms with Crippen molar-refractivity contribution < 1.29 is 9.84 Å². The van der Waals surface area contributed by atoms with Gasteiger partial charge in [-0.2, -0.15) is 0 Å². The maximum absolute atomic E-state index is 10.3. The molecular formula is C29H45NO2. The van der Waals surface area contributed by atoms with Crippen LogP contribution in [0.5, 0.6) is 0 Å². The number of fused-ring (bicyclic) bond motifs is 6. The molecule has 2 saturated heterocycles. The van der Waals surface area contributed by atoms with Crippen LogP contribution in [-0.2, 0) is 4.74 Å². The molecule has 2 aliphatic heterocycles. The molecule has 1 spiro atoms. The molecule has 0 amide bonds. The van der Waals surface area contributed by atoms with Crippen LogP contribution in [0.15, 0.2) is 22.8 Å². The zero-order valence-corrected chi connectivity index (χ0v) is 21.1. The lowest BCUT2D eigenvalue weighted by Gasteiger charge is -2.49. The first-order chi connectivity index (χ1) is 15.2. The van der Waals surface area contributed by atoms with Crippen LogP contribution < -0.4 is 0 Å². The molecule has 0 aromatic carbocycles. The molecule has 10 unspecified atom stereocenters. The fourth-order valence-corrected chi connectivity index (χ4v) is 9.88. The zero-order chi connectivity index (χ0) is 22.4. The first kappa shape index (κ1) is 21.9. The van der Waals surface area contributed by atoms with E-state index in [1.54, 1.807) is 11.1 Å². The summed E-state index contributed by atoms with van der Waals surface area (Å²) >= 11 is 0. The summed E-state index contributed by atoms with van der Waals surface area (Å²) in [4.78, 5) is 2.62. The molecule has 6 aliphatic rings. The van der Waals surface area contributed by atoms with Crippen molar-refractivity contribution in [3.05, 3.63) is 22.8 Å². The van der Waals surface area contributed by atoms with Crippen LogP contribution in [0.2, 0.25) is 0 Å². The molecule has 10 atom stereocenters. The predicted molar refractivity (Wildman–Crippen MR) is 129 cm³/mol. The molecule has 2 saturated carbocycles. The van der Waals surface area contributed by atoms with Crippen molar-refractivity contribution in [3.63, 3.8) is 0 Å². The first-order valence-electron chi connectivity index (χ1n) is 13.7. The molecule has 4 fully saturated rings. The molecule has 32 heavy (non-hydrogen) atoms. The monoisotopic (exact) mass is 439 g/mol. The summed E-state index contributed by atoms with van der Waals surface area (Å²) in [7, 11) is 2.34. The number of rotatable bonds is 0. The predicted octanol–water partition coefficient (Wildman–Crippen LogP) is 5.73. The Hall–Kier alpha value is -0.640. The summed E-state index contributed by atoms with van der Waals surface area (Å²) in [6.45, 7) is 11.1. The lowest BCUT2D eigenvalue weighted by atomic mass is 9.56. The second-order valence-corrected chi connectivity index (χ2v) is 13.1. The van der Waals surface area contributed by atoms with Gasteiger partial charge in [0.15, 0.2) is 0 Å². The number of ether oxygens (including phenoxy) is 1. The Kier molecular flexibility index (Phi) is 5.07. The fourth-order valence-electron chi connectivity index (χ4n) is 9.88. The van der Waals surface area contributed by atoms with Crippen LogP contribution in [-0.4, -0.2) is 47.4 Å². The van der Waals surface area contributed by atoms with Gasteiger partial charge in [0.25, 0.3) is 0 Å². The van der Waals surface area contributed by atoms with Crippen LogP contribution in [0, 0.1) is 35.0 Å². The number of hydrogen-bond acceptors (Lipinski definition) is 3. The van der Waals surface area contributed by atoms with Crippen LogP contribution in [0.4, 0.5) is 0 Å². The molecule has 178 valence electrons. The van der Waals surface area contributed by atoms with Crippen LogP contribution >= 0.6 is 0 Å². The number of allylic oxidation sites excluding steroid dienone is 2. The third kappa shape index (κ3) is 3.02. The Morgan fingerprint density at radius 1 is 1.16 bits per heavy atom. The van der Waals surface area contributed by atoms with E-state index in [-0.39, 0.29) is 11.7 Å². The number of nitrogens with zero attached hydrogens (tertiary/aromatic N) is 1. The normalized spacial score (nSPS) is 53.4. The van der Waals surface area contributed by atoms with E-state index in [2.05, 4.69) is 45.7 Å². The molecule has 0 radical (unpaired) electrons. The highest BCUT2D eigenvalue weighted by Gasteiger charge is 2.59. The first-order valence-corrected chi connectivity index (χ1v) is 13.7. The highest BCUT2D eigenvalue weighted by Crippen LogP contribution is 2.64. The van der Waals surface area contributed by atoms with Crippen molar-refractivity contribution in [2.24, 2.45) is 35.0 Å². The average Bonchev–Trinajstić information content (AvgIpc) is 3.19. The van der Waals surface area contributed by atoms with Gasteiger partial charge in [-0.3, -0.25) is 0 Å². The summed E-state index contributed by atoms with van der Waals surface area (Å²) < 4.78 is 7.10. The molecule has 0 aromatic heterocycles. The van der Waals surface area contributed by atoms with Gasteiger partial charge >= 0.3 is 0 Å². The van der Waals surface area contributed by atoms with Gasteiger partial charge in [0.05, 0.1) is 17.8 Å². The Morgan fingerprint density at radius 2 is 1.97 bits per heavy atom. The average molecular weight is 440 g/mol. The zero-order valence-electron chi connectivity index (χ0n) is 21.1. The number of likely N-dealkylation sites (N-methyl/N-ethyl adjacent to an activating group) is 1. The highest BCUT2D eigenvalue weighted by molar-refractivity contribution is 5.33. The molecule has 0 bridgehead atoms.